The van der Waals surface area contributed by atoms with E-state index in [1.54, 1.807) is 12.4 Å². The summed E-state index contributed by atoms with van der Waals surface area (Å²) in [5, 5.41) is 5.76. The Kier molecular flexibility index (Phi) is 5.75. The van der Waals surface area contributed by atoms with Crippen LogP contribution in [0, 0.1) is 0 Å². The minimum atomic E-state index is -0.168. The predicted octanol–water partition coefficient (Wildman–Crippen LogP) is 3.27. The van der Waals surface area contributed by atoms with Gasteiger partial charge >= 0.3 is 6.03 Å². The zero-order valence-corrected chi connectivity index (χ0v) is 13.4. The summed E-state index contributed by atoms with van der Waals surface area (Å²) in [7, 11) is 0. The highest BCUT2D eigenvalue weighted by Gasteiger charge is 2.09. The van der Waals surface area contributed by atoms with Crippen LogP contribution < -0.4 is 10.6 Å². The minimum absolute atomic E-state index is 0.0533. The predicted molar refractivity (Wildman–Crippen MR) is 86.9 cm³/mol. The van der Waals surface area contributed by atoms with Crippen molar-refractivity contribution in [2.45, 2.75) is 25.9 Å². The van der Waals surface area contributed by atoms with Gasteiger partial charge in [0, 0.05) is 29.5 Å². The number of nitrogens with zero attached hydrogens (tertiary/aromatic N) is 1. The summed E-state index contributed by atoms with van der Waals surface area (Å²) in [6.45, 7) is 2.46. The zero-order chi connectivity index (χ0) is 15.1. The van der Waals surface area contributed by atoms with Crippen LogP contribution in [0.25, 0.3) is 0 Å². The van der Waals surface area contributed by atoms with Gasteiger partial charge < -0.3 is 10.6 Å². The van der Waals surface area contributed by atoms with Crippen LogP contribution >= 0.6 is 15.9 Å². The van der Waals surface area contributed by atoms with E-state index in [-0.39, 0.29) is 12.1 Å². The molecule has 0 unspecified atom stereocenters. The number of rotatable bonds is 5. The van der Waals surface area contributed by atoms with Crippen molar-refractivity contribution in [1.29, 1.82) is 0 Å². The average Bonchev–Trinajstić information content (AvgIpc) is 2.48. The summed E-state index contributed by atoms with van der Waals surface area (Å²) in [6, 6.07) is 11.7. The van der Waals surface area contributed by atoms with Gasteiger partial charge in [0.2, 0.25) is 0 Å². The molecule has 110 valence electrons. The third-order valence-electron chi connectivity index (χ3n) is 3.04. The van der Waals surface area contributed by atoms with Gasteiger partial charge in [-0.05, 0) is 36.6 Å². The number of hydrogen-bond acceptors (Lipinski definition) is 2. The van der Waals surface area contributed by atoms with Crippen molar-refractivity contribution in [1.82, 2.24) is 15.6 Å². The number of carbonyl (C=O) groups excluding carboxylic acids is 1. The molecule has 1 atom stereocenters. The number of pyridine rings is 1. The number of aromatic nitrogens is 1. The van der Waals surface area contributed by atoms with E-state index in [0.717, 1.165) is 16.5 Å². The van der Waals surface area contributed by atoms with E-state index >= 15 is 0 Å². The van der Waals surface area contributed by atoms with E-state index in [0.29, 0.717) is 6.54 Å². The molecule has 0 bridgehead atoms. The molecule has 2 N–H and O–H groups in total. The third kappa shape index (κ3) is 5.19. The lowest BCUT2D eigenvalue weighted by Crippen LogP contribution is -2.41. The van der Waals surface area contributed by atoms with Gasteiger partial charge in [-0.1, -0.05) is 40.2 Å². The third-order valence-corrected chi connectivity index (χ3v) is 3.81. The Hall–Kier alpha value is -1.88. The maximum absolute atomic E-state index is 11.8. The van der Waals surface area contributed by atoms with Crippen molar-refractivity contribution < 1.29 is 4.79 Å². The second-order valence-corrected chi connectivity index (χ2v) is 5.74. The highest BCUT2D eigenvalue weighted by molar-refractivity contribution is 9.10. The van der Waals surface area contributed by atoms with Gasteiger partial charge in [0.15, 0.2) is 0 Å². The van der Waals surface area contributed by atoms with Crippen LogP contribution in [-0.4, -0.2) is 17.1 Å². The fraction of sp³-hybridized carbons (Fsp3) is 0.250. The summed E-state index contributed by atoms with van der Waals surface area (Å²) in [4.78, 5) is 15.9. The van der Waals surface area contributed by atoms with Gasteiger partial charge in [-0.3, -0.25) is 4.98 Å². The monoisotopic (exact) mass is 347 g/mol. The van der Waals surface area contributed by atoms with E-state index in [1.807, 2.05) is 37.3 Å². The van der Waals surface area contributed by atoms with Crippen LogP contribution in [0.4, 0.5) is 4.79 Å². The normalized spacial score (nSPS) is 11.7. The molecular formula is C16H18BrN3O. The Bertz CT molecular complexity index is 589. The average molecular weight is 348 g/mol. The molecule has 1 aromatic heterocycles. The first kappa shape index (κ1) is 15.5. The molecule has 0 saturated heterocycles. The Morgan fingerprint density at radius 3 is 2.81 bits per heavy atom. The molecule has 0 aliphatic heterocycles. The van der Waals surface area contributed by atoms with Crippen molar-refractivity contribution in [2.24, 2.45) is 0 Å². The first-order valence-electron chi connectivity index (χ1n) is 6.82. The number of urea groups is 1. The number of carbonyl (C=O) groups is 1. The van der Waals surface area contributed by atoms with Crippen LogP contribution in [0.3, 0.4) is 0 Å². The molecule has 1 heterocycles. The molecule has 0 saturated carbocycles. The van der Waals surface area contributed by atoms with E-state index in [2.05, 4.69) is 37.6 Å². The Balaban J connectivity index is 1.78. The maximum Gasteiger partial charge on any atom is 0.315 e. The van der Waals surface area contributed by atoms with Crippen molar-refractivity contribution in [3.05, 3.63) is 64.4 Å². The molecule has 0 radical (unpaired) electrons. The second-order valence-electron chi connectivity index (χ2n) is 4.88. The van der Waals surface area contributed by atoms with Gasteiger partial charge in [-0.2, -0.15) is 0 Å². The first-order valence-corrected chi connectivity index (χ1v) is 7.61. The van der Waals surface area contributed by atoms with Crippen molar-refractivity contribution >= 4 is 22.0 Å². The number of nitrogens with one attached hydrogen (secondary N) is 2. The molecular weight excluding hydrogens is 330 g/mol. The largest absolute Gasteiger partial charge is 0.335 e. The van der Waals surface area contributed by atoms with Crippen LogP contribution in [0.5, 0.6) is 0 Å². The molecule has 21 heavy (non-hydrogen) atoms. The summed E-state index contributed by atoms with van der Waals surface area (Å²) in [5.41, 5.74) is 2.16. The molecule has 5 heteroatoms. The smallest absolute Gasteiger partial charge is 0.315 e. The Morgan fingerprint density at radius 1 is 1.29 bits per heavy atom. The lowest BCUT2D eigenvalue weighted by molar-refractivity contribution is 0.237. The number of benzene rings is 1. The summed E-state index contributed by atoms with van der Waals surface area (Å²) < 4.78 is 1.06. The van der Waals surface area contributed by atoms with E-state index in [4.69, 9.17) is 0 Å². The highest BCUT2D eigenvalue weighted by atomic mass is 79.9. The molecule has 2 rings (SSSR count). The minimum Gasteiger partial charge on any atom is -0.335 e. The van der Waals surface area contributed by atoms with E-state index in [1.165, 1.54) is 5.56 Å². The van der Waals surface area contributed by atoms with Gasteiger partial charge in [0.1, 0.15) is 0 Å². The molecule has 2 amide bonds. The molecule has 0 aliphatic carbocycles. The number of hydrogen-bond donors (Lipinski definition) is 2. The van der Waals surface area contributed by atoms with Crippen LogP contribution in [0.2, 0.25) is 0 Å². The van der Waals surface area contributed by atoms with E-state index in [9.17, 15) is 4.79 Å². The van der Waals surface area contributed by atoms with Crippen molar-refractivity contribution in [3.63, 3.8) is 0 Å². The molecule has 1 aromatic carbocycles. The fourth-order valence-electron chi connectivity index (χ4n) is 2.00. The van der Waals surface area contributed by atoms with Gasteiger partial charge in [-0.15, -0.1) is 0 Å². The lowest BCUT2D eigenvalue weighted by Gasteiger charge is -2.15. The van der Waals surface area contributed by atoms with Crippen LogP contribution in [0.1, 0.15) is 18.1 Å². The second kappa shape index (κ2) is 7.78. The molecule has 0 aliphatic rings. The maximum atomic E-state index is 11.8. The van der Waals surface area contributed by atoms with Gasteiger partial charge in [0.25, 0.3) is 0 Å². The quantitative estimate of drug-likeness (QED) is 0.871. The van der Waals surface area contributed by atoms with Crippen molar-refractivity contribution in [3.8, 4) is 0 Å². The molecule has 4 nitrogen and oxygen atoms in total. The van der Waals surface area contributed by atoms with Crippen molar-refractivity contribution in [2.75, 3.05) is 0 Å². The highest BCUT2D eigenvalue weighted by Crippen LogP contribution is 2.17. The van der Waals surface area contributed by atoms with Crippen LogP contribution in [0.15, 0.2) is 53.3 Å². The van der Waals surface area contributed by atoms with Gasteiger partial charge in [0.05, 0.1) is 0 Å². The molecule has 0 spiro atoms. The lowest BCUT2D eigenvalue weighted by atomic mass is 10.1. The summed E-state index contributed by atoms with van der Waals surface area (Å²) in [6.07, 6.45) is 4.23. The topological polar surface area (TPSA) is 54.0 Å². The molecule has 2 aromatic rings. The van der Waals surface area contributed by atoms with Crippen LogP contribution in [-0.2, 0) is 13.0 Å². The SMILES string of the molecule is C[C@@H](Cc1ccccc1Br)NC(=O)NCc1cccnc1. The summed E-state index contributed by atoms with van der Waals surface area (Å²) in [5.74, 6) is 0. The standard InChI is InChI=1S/C16H18BrN3O/c1-12(9-14-6-2-3-7-15(14)17)20-16(21)19-11-13-5-4-8-18-10-13/h2-8,10,12H,9,11H2,1H3,(H2,19,20,21)/t12-/m0/s1. The number of halogens is 1. The van der Waals surface area contributed by atoms with E-state index < -0.39 is 0 Å². The molecule has 0 fully saturated rings. The Labute approximate surface area is 133 Å². The zero-order valence-electron chi connectivity index (χ0n) is 11.8. The summed E-state index contributed by atoms with van der Waals surface area (Å²) >= 11 is 3.52. The first-order chi connectivity index (χ1) is 10.1. The number of amides is 2. The fourth-order valence-corrected chi connectivity index (χ4v) is 2.45. The Morgan fingerprint density at radius 2 is 2.10 bits per heavy atom. The van der Waals surface area contributed by atoms with Gasteiger partial charge in [-0.25, -0.2) is 4.79 Å².